The van der Waals surface area contributed by atoms with E-state index in [1.165, 1.54) is 23.5 Å². The van der Waals surface area contributed by atoms with Gasteiger partial charge in [0.25, 0.3) is 5.91 Å². The Kier molecular flexibility index (Phi) is 3.59. The third kappa shape index (κ3) is 2.68. The number of carbonyl (C=O) groups excluding carboxylic acids is 1. The molecule has 0 atom stereocenters. The van der Waals surface area contributed by atoms with Crippen LogP contribution in [-0.2, 0) is 0 Å². The molecule has 0 fully saturated rings. The van der Waals surface area contributed by atoms with Gasteiger partial charge in [-0.2, -0.15) is 0 Å². The van der Waals surface area contributed by atoms with Crippen LogP contribution < -0.4 is 5.32 Å². The summed E-state index contributed by atoms with van der Waals surface area (Å²) in [6, 6.07) is 15.4. The van der Waals surface area contributed by atoms with Crippen molar-refractivity contribution < 1.29 is 9.18 Å². The van der Waals surface area contributed by atoms with E-state index in [0.717, 1.165) is 11.3 Å². The van der Waals surface area contributed by atoms with Crippen LogP contribution in [0.25, 0.3) is 16.2 Å². The quantitative estimate of drug-likeness (QED) is 0.600. The molecular formula is C18H12FN3OS. The summed E-state index contributed by atoms with van der Waals surface area (Å²) in [4.78, 5) is 17.7. The number of anilines is 1. The van der Waals surface area contributed by atoms with Crippen LogP contribution in [0.1, 0.15) is 10.5 Å². The van der Waals surface area contributed by atoms with Crippen molar-refractivity contribution in [3.05, 3.63) is 77.7 Å². The van der Waals surface area contributed by atoms with E-state index in [9.17, 15) is 9.18 Å². The summed E-state index contributed by atoms with van der Waals surface area (Å²) < 4.78 is 14.8. The van der Waals surface area contributed by atoms with Gasteiger partial charge in [-0.1, -0.05) is 18.2 Å². The molecule has 1 amide bonds. The lowest BCUT2D eigenvalue weighted by atomic mass is 10.2. The maximum absolute atomic E-state index is 13.0. The third-order valence-electron chi connectivity index (χ3n) is 3.61. The summed E-state index contributed by atoms with van der Waals surface area (Å²) in [6.07, 6.45) is 1.79. The maximum Gasteiger partial charge on any atom is 0.273 e. The number of imidazole rings is 1. The summed E-state index contributed by atoms with van der Waals surface area (Å²) in [5.74, 6) is -0.488. The first-order valence-electron chi connectivity index (χ1n) is 7.29. The number of hydrogen-bond donors (Lipinski definition) is 1. The first-order valence-corrected chi connectivity index (χ1v) is 8.17. The highest BCUT2D eigenvalue weighted by atomic mass is 32.1. The lowest BCUT2D eigenvalue weighted by molar-refractivity contribution is 0.102. The molecular weight excluding hydrogens is 325 g/mol. The second kappa shape index (κ2) is 5.90. The topological polar surface area (TPSA) is 46.4 Å². The smallest absolute Gasteiger partial charge is 0.273 e. The maximum atomic E-state index is 13.0. The minimum absolute atomic E-state index is 0.199. The summed E-state index contributed by atoms with van der Waals surface area (Å²) >= 11 is 1.39. The predicted octanol–water partition coefficient (Wildman–Crippen LogP) is 4.45. The number of amides is 1. The Morgan fingerprint density at radius 3 is 2.58 bits per heavy atom. The molecule has 4 rings (SSSR count). The Morgan fingerprint density at radius 2 is 1.83 bits per heavy atom. The van der Waals surface area contributed by atoms with Crippen molar-refractivity contribution >= 4 is 27.9 Å². The van der Waals surface area contributed by atoms with Crippen molar-refractivity contribution in [2.45, 2.75) is 0 Å². The van der Waals surface area contributed by atoms with E-state index < -0.39 is 0 Å². The number of thiazole rings is 1. The Balaban J connectivity index is 1.67. The normalized spacial score (nSPS) is 10.9. The van der Waals surface area contributed by atoms with E-state index in [1.54, 1.807) is 28.1 Å². The molecule has 24 heavy (non-hydrogen) atoms. The van der Waals surface area contributed by atoms with Gasteiger partial charge in [0.1, 0.15) is 11.5 Å². The van der Waals surface area contributed by atoms with Gasteiger partial charge in [0.15, 0.2) is 4.96 Å². The van der Waals surface area contributed by atoms with E-state index in [-0.39, 0.29) is 11.7 Å². The van der Waals surface area contributed by atoms with Crippen molar-refractivity contribution in [1.29, 1.82) is 0 Å². The second-order valence-corrected chi connectivity index (χ2v) is 6.06. The zero-order valence-electron chi connectivity index (χ0n) is 12.4. The molecule has 0 aliphatic carbocycles. The predicted molar refractivity (Wildman–Crippen MR) is 92.9 cm³/mol. The van der Waals surface area contributed by atoms with Gasteiger partial charge in [0.2, 0.25) is 0 Å². The highest BCUT2D eigenvalue weighted by molar-refractivity contribution is 7.15. The molecule has 4 aromatic rings. The molecule has 0 bridgehead atoms. The zero-order valence-corrected chi connectivity index (χ0v) is 13.3. The molecule has 0 saturated carbocycles. The Bertz CT molecular complexity index is 1010. The highest BCUT2D eigenvalue weighted by Gasteiger charge is 2.15. The van der Waals surface area contributed by atoms with E-state index in [2.05, 4.69) is 10.3 Å². The van der Waals surface area contributed by atoms with Gasteiger partial charge in [-0.05, 0) is 36.4 Å². The van der Waals surface area contributed by atoms with Crippen LogP contribution in [0.2, 0.25) is 0 Å². The van der Waals surface area contributed by atoms with Gasteiger partial charge in [-0.15, -0.1) is 11.3 Å². The average Bonchev–Trinajstić information content (AvgIpc) is 3.17. The summed E-state index contributed by atoms with van der Waals surface area (Å²) in [6.45, 7) is 0. The standard InChI is InChI=1S/C18H12FN3OS/c19-13-8-6-12(7-9-13)15-10-22-16(11-24-18(22)21-15)17(23)20-14-4-2-1-3-5-14/h1-11H,(H,20,23). The van der Waals surface area contributed by atoms with Crippen LogP contribution in [0.15, 0.2) is 66.2 Å². The van der Waals surface area contributed by atoms with Crippen LogP contribution in [0.4, 0.5) is 10.1 Å². The highest BCUT2D eigenvalue weighted by Crippen LogP contribution is 2.24. The Hall–Kier alpha value is -2.99. The van der Waals surface area contributed by atoms with Crippen LogP contribution in [-0.4, -0.2) is 15.3 Å². The molecule has 2 aromatic heterocycles. The van der Waals surface area contributed by atoms with E-state index in [0.29, 0.717) is 16.3 Å². The van der Waals surface area contributed by atoms with Gasteiger partial charge in [0.05, 0.1) is 5.69 Å². The molecule has 2 aromatic carbocycles. The fourth-order valence-corrected chi connectivity index (χ4v) is 3.28. The molecule has 0 radical (unpaired) electrons. The van der Waals surface area contributed by atoms with E-state index in [4.69, 9.17) is 0 Å². The number of carbonyl (C=O) groups is 1. The Morgan fingerprint density at radius 1 is 1.08 bits per heavy atom. The lowest BCUT2D eigenvalue weighted by Gasteiger charge is -2.03. The first kappa shape index (κ1) is 14.6. The Labute approximate surface area is 141 Å². The number of nitrogens with one attached hydrogen (secondary N) is 1. The van der Waals surface area contributed by atoms with Gasteiger partial charge < -0.3 is 5.32 Å². The van der Waals surface area contributed by atoms with Gasteiger partial charge in [-0.3, -0.25) is 9.20 Å². The number of para-hydroxylation sites is 1. The average molecular weight is 337 g/mol. The van der Waals surface area contributed by atoms with Crippen molar-refractivity contribution in [3.8, 4) is 11.3 Å². The van der Waals surface area contributed by atoms with Crippen molar-refractivity contribution in [2.75, 3.05) is 5.32 Å². The molecule has 6 heteroatoms. The number of rotatable bonds is 3. The number of benzene rings is 2. The monoisotopic (exact) mass is 337 g/mol. The minimum atomic E-state index is -0.289. The van der Waals surface area contributed by atoms with Crippen molar-refractivity contribution in [2.24, 2.45) is 0 Å². The molecule has 4 nitrogen and oxygen atoms in total. The molecule has 0 unspecified atom stereocenters. The van der Waals surface area contributed by atoms with E-state index >= 15 is 0 Å². The molecule has 0 aliphatic rings. The second-order valence-electron chi connectivity index (χ2n) is 5.23. The van der Waals surface area contributed by atoms with Crippen LogP contribution in [0, 0.1) is 5.82 Å². The molecule has 118 valence electrons. The summed E-state index contributed by atoms with van der Waals surface area (Å²) in [5, 5.41) is 4.64. The number of hydrogen-bond acceptors (Lipinski definition) is 3. The molecule has 1 N–H and O–H groups in total. The lowest BCUT2D eigenvalue weighted by Crippen LogP contribution is -2.13. The van der Waals surface area contributed by atoms with Gasteiger partial charge in [0, 0.05) is 22.8 Å². The number of aromatic nitrogens is 2. The van der Waals surface area contributed by atoms with Gasteiger partial charge >= 0.3 is 0 Å². The molecule has 2 heterocycles. The number of halogens is 1. The van der Waals surface area contributed by atoms with Crippen LogP contribution in [0.5, 0.6) is 0 Å². The molecule has 0 spiro atoms. The molecule has 0 saturated heterocycles. The van der Waals surface area contributed by atoms with Crippen LogP contribution in [0.3, 0.4) is 0 Å². The fraction of sp³-hybridized carbons (Fsp3) is 0. The van der Waals surface area contributed by atoms with Crippen LogP contribution >= 0.6 is 11.3 Å². The van der Waals surface area contributed by atoms with Gasteiger partial charge in [-0.25, -0.2) is 9.37 Å². The third-order valence-corrected chi connectivity index (χ3v) is 4.45. The fourth-order valence-electron chi connectivity index (χ4n) is 2.42. The first-order chi connectivity index (χ1) is 11.7. The minimum Gasteiger partial charge on any atom is -0.321 e. The van der Waals surface area contributed by atoms with Crippen molar-refractivity contribution in [1.82, 2.24) is 9.38 Å². The summed E-state index contributed by atoms with van der Waals surface area (Å²) in [7, 11) is 0. The van der Waals surface area contributed by atoms with E-state index in [1.807, 2.05) is 30.3 Å². The largest absolute Gasteiger partial charge is 0.321 e. The SMILES string of the molecule is O=C(Nc1ccccc1)c1csc2nc(-c3ccc(F)cc3)cn12. The summed E-state index contributed by atoms with van der Waals surface area (Å²) in [5.41, 5.74) is 2.76. The molecule has 0 aliphatic heterocycles. The zero-order chi connectivity index (χ0) is 16.5. The number of nitrogens with zero attached hydrogens (tertiary/aromatic N) is 2. The van der Waals surface area contributed by atoms with Crippen molar-refractivity contribution in [3.63, 3.8) is 0 Å². The number of fused-ring (bicyclic) bond motifs is 1.